The topological polar surface area (TPSA) is 65.9 Å². The molecule has 0 N–H and O–H groups in total. The molecule has 0 atom stereocenters. The van der Waals surface area contributed by atoms with Crippen LogP contribution < -0.4 is 5.11 Å². The minimum absolute atomic E-state index is 0. The molecule has 5 heteroatoms. The van der Waals surface area contributed by atoms with Crippen LogP contribution >= 0.6 is 0 Å². The van der Waals surface area contributed by atoms with Gasteiger partial charge in [0.25, 0.3) is 0 Å². The SMILES string of the molecule is CC(=O)[O-].[Ir+3].[c-]1cc2ccccc2c(-c2ccccc2)n1.[c-]1cc2ccccc2c(-c2ccccc2)n1. The van der Waals surface area contributed by atoms with Gasteiger partial charge in [-0.05, 0) is 18.3 Å². The van der Waals surface area contributed by atoms with Gasteiger partial charge in [0.1, 0.15) is 0 Å². The Labute approximate surface area is 230 Å². The second-order valence-corrected chi connectivity index (χ2v) is 7.87. The van der Waals surface area contributed by atoms with Gasteiger partial charge in [-0.3, -0.25) is 0 Å². The van der Waals surface area contributed by atoms with Gasteiger partial charge in [0.2, 0.25) is 0 Å². The number of aliphatic carboxylic acids is 1. The Balaban J connectivity index is 0.000000176. The molecular formula is C32H23IrN2O2. The summed E-state index contributed by atoms with van der Waals surface area (Å²) in [5.74, 6) is -1.08. The Bertz CT molecular complexity index is 1440. The number of carboxylic acid groups (broad SMARTS) is 1. The molecule has 0 saturated carbocycles. The molecule has 4 nitrogen and oxygen atoms in total. The van der Waals surface area contributed by atoms with Crippen molar-refractivity contribution in [1.82, 2.24) is 9.97 Å². The van der Waals surface area contributed by atoms with Crippen molar-refractivity contribution in [3.05, 3.63) is 134 Å². The molecule has 0 fully saturated rings. The van der Waals surface area contributed by atoms with Crippen LogP contribution in [0.15, 0.2) is 121 Å². The number of rotatable bonds is 2. The van der Waals surface area contributed by atoms with Gasteiger partial charge in [-0.25, -0.2) is 0 Å². The van der Waals surface area contributed by atoms with E-state index in [2.05, 4.69) is 70.9 Å². The quantitative estimate of drug-likeness (QED) is 0.209. The minimum atomic E-state index is -1.08. The summed E-state index contributed by atoms with van der Waals surface area (Å²) >= 11 is 0. The summed E-state index contributed by atoms with van der Waals surface area (Å²) in [4.78, 5) is 17.6. The largest absolute Gasteiger partial charge is 3.00 e. The molecule has 0 aliphatic rings. The van der Waals surface area contributed by atoms with Gasteiger partial charge in [0, 0.05) is 5.97 Å². The van der Waals surface area contributed by atoms with Crippen molar-refractivity contribution in [1.29, 1.82) is 0 Å². The summed E-state index contributed by atoms with van der Waals surface area (Å²) in [6.07, 6.45) is 5.90. The number of hydrogen-bond acceptors (Lipinski definition) is 4. The Morgan fingerprint density at radius 3 is 1.30 bits per heavy atom. The molecule has 6 aromatic rings. The predicted molar refractivity (Wildman–Crippen MR) is 143 cm³/mol. The van der Waals surface area contributed by atoms with Gasteiger partial charge in [-0.1, -0.05) is 121 Å². The number of aromatic nitrogens is 2. The van der Waals surface area contributed by atoms with E-state index in [-0.39, 0.29) is 20.1 Å². The fourth-order valence-corrected chi connectivity index (χ4v) is 3.76. The maximum atomic E-state index is 8.89. The van der Waals surface area contributed by atoms with Gasteiger partial charge in [-0.15, -0.1) is 33.7 Å². The summed E-state index contributed by atoms with van der Waals surface area (Å²) in [7, 11) is 0. The van der Waals surface area contributed by atoms with E-state index in [1.807, 2.05) is 72.8 Å². The number of pyridine rings is 2. The van der Waals surface area contributed by atoms with Crippen molar-refractivity contribution >= 4 is 27.5 Å². The van der Waals surface area contributed by atoms with Crippen LogP contribution in [-0.2, 0) is 24.9 Å². The van der Waals surface area contributed by atoms with Crippen molar-refractivity contribution in [2.75, 3.05) is 0 Å². The third-order valence-corrected chi connectivity index (χ3v) is 5.32. The van der Waals surface area contributed by atoms with Crippen LogP contribution in [0.3, 0.4) is 0 Å². The molecule has 2 heterocycles. The molecule has 4 aromatic carbocycles. The Hall–Kier alpha value is -4.18. The number of carbonyl (C=O) groups excluding carboxylic acids is 1. The third-order valence-electron chi connectivity index (χ3n) is 5.32. The van der Waals surface area contributed by atoms with Gasteiger partial charge < -0.3 is 19.9 Å². The van der Waals surface area contributed by atoms with Gasteiger partial charge in [0.15, 0.2) is 0 Å². The van der Waals surface area contributed by atoms with Gasteiger partial charge >= 0.3 is 20.1 Å². The molecule has 0 saturated heterocycles. The summed E-state index contributed by atoms with van der Waals surface area (Å²) < 4.78 is 0. The zero-order valence-corrected chi connectivity index (χ0v) is 22.5. The average molecular weight is 660 g/mol. The summed E-state index contributed by atoms with van der Waals surface area (Å²) in [6, 6.07) is 40.8. The normalized spacial score (nSPS) is 9.76. The van der Waals surface area contributed by atoms with Crippen LogP contribution in [0.1, 0.15) is 6.92 Å². The molecule has 0 amide bonds. The maximum Gasteiger partial charge on any atom is 3.00 e. The van der Waals surface area contributed by atoms with E-state index in [1.165, 1.54) is 21.5 Å². The van der Waals surface area contributed by atoms with E-state index in [0.717, 1.165) is 29.4 Å². The zero-order valence-electron chi connectivity index (χ0n) is 20.1. The van der Waals surface area contributed by atoms with Crippen LogP contribution in [0, 0.1) is 12.4 Å². The van der Waals surface area contributed by atoms with Crippen molar-refractivity contribution < 1.29 is 30.0 Å². The molecular weight excluding hydrogens is 637 g/mol. The molecule has 2 aromatic heterocycles. The first-order valence-corrected chi connectivity index (χ1v) is 11.4. The van der Waals surface area contributed by atoms with Crippen molar-refractivity contribution in [2.45, 2.75) is 6.92 Å². The van der Waals surface area contributed by atoms with Crippen LogP contribution in [0.25, 0.3) is 44.1 Å². The first kappa shape index (κ1) is 27.4. The van der Waals surface area contributed by atoms with E-state index >= 15 is 0 Å². The molecule has 0 unspecified atom stereocenters. The van der Waals surface area contributed by atoms with Crippen molar-refractivity contribution in [3.63, 3.8) is 0 Å². The second kappa shape index (κ2) is 13.8. The van der Waals surface area contributed by atoms with E-state index in [4.69, 9.17) is 9.90 Å². The van der Waals surface area contributed by atoms with Gasteiger partial charge in [0.05, 0.1) is 0 Å². The maximum absolute atomic E-state index is 8.89. The number of carboxylic acids is 1. The summed E-state index contributed by atoms with van der Waals surface area (Å²) in [5, 5.41) is 13.6. The Morgan fingerprint density at radius 2 is 0.919 bits per heavy atom. The molecule has 0 radical (unpaired) electrons. The van der Waals surface area contributed by atoms with E-state index in [9.17, 15) is 0 Å². The minimum Gasteiger partial charge on any atom is -0.550 e. The fourth-order valence-electron chi connectivity index (χ4n) is 3.76. The van der Waals surface area contributed by atoms with Crippen molar-refractivity contribution in [3.8, 4) is 22.5 Å². The molecule has 6 rings (SSSR count). The van der Waals surface area contributed by atoms with E-state index in [1.54, 1.807) is 0 Å². The molecule has 0 bridgehead atoms. The van der Waals surface area contributed by atoms with E-state index in [0.29, 0.717) is 0 Å². The van der Waals surface area contributed by atoms with Crippen LogP contribution in [0.2, 0.25) is 0 Å². The monoisotopic (exact) mass is 660 g/mol. The summed E-state index contributed by atoms with van der Waals surface area (Å²) in [6.45, 7) is 0.972. The molecule has 0 aliphatic carbocycles. The van der Waals surface area contributed by atoms with E-state index < -0.39 is 5.97 Å². The fraction of sp³-hybridized carbons (Fsp3) is 0.0312. The number of fused-ring (bicyclic) bond motifs is 2. The van der Waals surface area contributed by atoms with Crippen LogP contribution in [-0.4, -0.2) is 15.9 Å². The average Bonchev–Trinajstić information content (AvgIpc) is 2.93. The number of hydrogen-bond donors (Lipinski definition) is 0. The first-order valence-electron chi connectivity index (χ1n) is 11.4. The van der Waals surface area contributed by atoms with Crippen LogP contribution in [0.4, 0.5) is 0 Å². The predicted octanol–water partition coefficient (Wildman–Crippen LogP) is 6.16. The zero-order chi connectivity index (χ0) is 25.2. The molecule has 182 valence electrons. The smallest absolute Gasteiger partial charge is 0.550 e. The number of carbonyl (C=O) groups is 1. The Kier molecular flexibility index (Phi) is 10.2. The molecule has 37 heavy (non-hydrogen) atoms. The van der Waals surface area contributed by atoms with Crippen molar-refractivity contribution in [2.24, 2.45) is 0 Å². The Morgan fingerprint density at radius 1 is 0.595 bits per heavy atom. The standard InChI is InChI=1S/2C15H10N.C2H4O2.Ir/c2*1-2-7-13(8-3-1)15-14-9-5-4-6-12(14)10-11-16-15;1-2(3)4;/h2*1-10H;1H3,(H,3,4);/q2*-1;;+3/p-1. The molecule has 0 aliphatic heterocycles. The summed E-state index contributed by atoms with van der Waals surface area (Å²) in [5.41, 5.74) is 4.27. The number of benzene rings is 4. The first-order chi connectivity index (χ1) is 17.6. The second-order valence-electron chi connectivity index (χ2n) is 7.87. The van der Waals surface area contributed by atoms with Crippen LogP contribution in [0.5, 0.6) is 0 Å². The number of nitrogens with zero attached hydrogens (tertiary/aromatic N) is 2. The van der Waals surface area contributed by atoms with Gasteiger partial charge in [-0.2, -0.15) is 12.1 Å². The molecule has 0 spiro atoms. The third kappa shape index (κ3) is 7.40.